The van der Waals surface area contributed by atoms with Crippen molar-refractivity contribution < 1.29 is 14.2 Å². The van der Waals surface area contributed by atoms with Crippen LogP contribution in [-0.2, 0) is 13.0 Å². The lowest BCUT2D eigenvalue weighted by Crippen LogP contribution is -1.99. The molecular weight excluding hydrogens is 487 g/mol. The lowest BCUT2D eigenvalue weighted by molar-refractivity contribution is 0.305. The molecular formula is C23H21Br2FO2. The Hall–Kier alpha value is -1.85. The number of hydrogen-bond donors (Lipinski definition) is 1. The fourth-order valence-electron chi connectivity index (χ4n) is 3.01. The quantitative estimate of drug-likeness (QED) is 0.378. The number of ether oxygens (including phenoxy) is 1. The van der Waals surface area contributed by atoms with Gasteiger partial charge in [0, 0.05) is 8.95 Å². The van der Waals surface area contributed by atoms with Crippen molar-refractivity contribution in [1.29, 1.82) is 0 Å². The van der Waals surface area contributed by atoms with Gasteiger partial charge in [-0.3, -0.25) is 0 Å². The van der Waals surface area contributed by atoms with Gasteiger partial charge in [-0.15, -0.1) is 0 Å². The number of aromatic hydroxyl groups is 1. The van der Waals surface area contributed by atoms with Crippen LogP contribution in [0, 0.1) is 5.82 Å². The van der Waals surface area contributed by atoms with Crippen molar-refractivity contribution >= 4 is 31.9 Å². The van der Waals surface area contributed by atoms with Crippen LogP contribution in [0.2, 0.25) is 0 Å². The maximum atomic E-state index is 13.3. The van der Waals surface area contributed by atoms with Crippen LogP contribution in [0.25, 0.3) is 0 Å². The molecule has 5 heteroatoms. The molecule has 0 aliphatic heterocycles. The van der Waals surface area contributed by atoms with Gasteiger partial charge in [-0.25, -0.2) is 4.39 Å². The average Bonchev–Trinajstić information content (AvgIpc) is 2.64. The molecule has 0 unspecified atom stereocenters. The first-order valence-electron chi connectivity index (χ1n) is 9.00. The number of phenols is 1. The molecule has 0 atom stereocenters. The largest absolute Gasteiger partial charge is 0.508 e. The number of phenolic OH excluding ortho intramolecular Hbond substituents is 1. The van der Waals surface area contributed by atoms with Crippen LogP contribution in [0.5, 0.6) is 11.5 Å². The molecule has 0 radical (unpaired) electrons. The molecule has 0 aliphatic carbocycles. The van der Waals surface area contributed by atoms with E-state index >= 15 is 0 Å². The summed E-state index contributed by atoms with van der Waals surface area (Å²) in [6.07, 6.45) is 0.714. The zero-order valence-corrected chi connectivity index (χ0v) is 18.8. The Morgan fingerprint density at radius 3 is 2.32 bits per heavy atom. The highest BCUT2D eigenvalue weighted by atomic mass is 79.9. The summed E-state index contributed by atoms with van der Waals surface area (Å²) in [6, 6.07) is 16.0. The van der Waals surface area contributed by atoms with Crippen molar-refractivity contribution in [3.8, 4) is 11.5 Å². The molecule has 0 saturated heterocycles. The molecule has 0 bridgehead atoms. The highest BCUT2D eigenvalue weighted by Gasteiger charge is 2.12. The average molecular weight is 508 g/mol. The van der Waals surface area contributed by atoms with Gasteiger partial charge in [0.15, 0.2) is 0 Å². The van der Waals surface area contributed by atoms with E-state index in [9.17, 15) is 9.50 Å². The molecule has 1 N–H and O–H groups in total. The molecule has 146 valence electrons. The molecule has 28 heavy (non-hydrogen) atoms. The van der Waals surface area contributed by atoms with E-state index in [1.165, 1.54) is 12.1 Å². The Labute approximate surface area is 181 Å². The number of benzene rings is 3. The molecule has 0 aliphatic rings. The Kier molecular flexibility index (Phi) is 6.78. The Balaban J connectivity index is 1.77. The molecule has 0 fully saturated rings. The lowest BCUT2D eigenvalue weighted by atomic mass is 9.96. The third-order valence-electron chi connectivity index (χ3n) is 4.50. The summed E-state index contributed by atoms with van der Waals surface area (Å²) >= 11 is 7.27. The third kappa shape index (κ3) is 5.15. The van der Waals surface area contributed by atoms with E-state index in [0.29, 0.717) is 24.5 Å². The van der Waals surface area contributed by atoms with E-state index in [4.69, 9.17) is 4.74 Å². The van der Waals surface area contributed by atoms with Gasteiger partial charge < -0.3 is 9.84 Å². The van der Waals surface area contributed by atoms with Crippen molar-refractivity contribution in [2.45, 2.75) is 32.8 Å². The summed E-state index contributed by atoms with van der Waals surface area (Å²) in [5.74, 6) is 1.01. The molecule has 3 aromatic rings. The van der Waals surface area contributed by atoms with Crippen LogP contribution >= 0.6 is 31.9 Å². The second-order valence-electron chi connectivity index (χ2n) is 7.01. The zero-order chi connectivity index (χ0) is 20.3. The van der Waals surface area contributed by atoms with Crippen LogP contribution in [0.1, 0.15) is 42.0 Å². The highest BCUT2D eigenvalue weighted by Crippen LogP contribution is 2.34. The van der Waals surface area contributed by atoms with E-state index < -0.39 is 0 Å². The van der Waals surface area contributed by atoms with E-state index in [2.05, 4.69) is 45.7 Å². The fourth-order valence-corrected chi connectivity index (χ4v) is 4.43. The molecule has 0 amide bonds. The van der Waals surface area contributed by atoms with Crippen molar-refractivity contribution in [3.05, 3.63) is 91.6 Å². The van der Waals surface area contributed by atoms with E-state index in [1.54, 1.807) is 12.1 Å². The maximum Gasteiger partial charge on any atom is 0.123 e. The number of hydrogen-bond acceptors (Lipinski definition) is 2. The standard InChI is InChI=1S/C23H21Br2FO2/c1-14(2)19-9-15(6-7-23(19)27)10-20-21(24)11-18(12-22(20)25)28-13-16-4-3-5-17(26)8-16/h3-9,11-12,14,27H,10,13H2,1-2H3. The minimum atomic E-state index is -0.270. The van der Waals surface area contributed by atoms with Gasteiger partial charge in [-0.05, 0) is 64.9 Å². The first-order valence-corrected chi connectivity index (χ1v) is 10.6. The van der Waals surface area contributed by atoms with Crippen molar-refractivity contribution in [1.82, 2.24) is 0 Å². The summed E-state index contributed by atoms with van der Waals surface area (Å²) in [5.41, 5.74) is 3.94. The second kappa shape index (κ2) is 9.10. The topological polar surface area (TPSA) is 29.5 Å². The summed E-state index contributed by atoms with van der Waals surface area (Å²) < 4.78 is 21.0. The Bertz CT molecular complexity index is 963. The summed E-state index contributed by atoms with van der Waals surface area (Å²) in [6.45, 7) is 4.43. The van der Waals surface area contributed by atoms with E-state index in [0.717, 1.165) is 31.2 Å². The predicted molar refractivity (Wildman–Crippen MR) is 118 cm³/mol. The normalized spacial score (nSPS) is 11.1. The summed E-state index contributed by atoms with van der Waals surface area (Å²) in [5, 5.41) is 10.0. The smallest absolute Gasteiger partial charge is 0.123 e. The molecule has 0 saturated carbocycles. The second-order valence-corrected chi connectivity index (χ2v) is 8.72. The van der Waals surface area contributed by atoms with Gasteiger partial charge in [0.25, 0.3) is 0 Å². The van der Waals surface area contributed by atoms with Crippen LogP contribution in [0.4, 0.5) is 4.39 Å². The molecule has 2 nitrogen and oxygen atoms in total. The van der Waals surface area contributed by atoms with Gasteiger partial charge in [0.2, 0.25) is 0 Å². The number of halogens is 3. The Morgan fingerprint density at radius 2 is 1.68 bits per heavy atom. The lowest BCUT2D eigenvalue weighted by Gasteiger charge is -2.14. The van der Waals surface area contributed by atoms with E-state index in [1.807, 2.05) is 30.3 Å². The Morgan fingerprint density at radius 1 is 0.964 bits per heavy atom. The van der Waals surface area contributed by atoms with Gasteiger partial charge in [-0.1, -0.05) is 70.0 Å². The zero-order valence-electron chi connectivity index (χ0n) is 15.7. The van der Waals surface area contributed by atoms with Gasteiger partial charge in [0.1, 0.15) is 23.9 Å². The molecule has 3 rings (SSSR count). The SMILES string of the molecule is CC(C)c1cc(Cc2c(Br)cc(OCc3cccc(F)c3)cc2Br)ccc1O. The van der Waals surface area contributed by atoms with Crippen molar-refractivity contribution in [3.63, 3.8) is 0 Å². The van der Waals surface area contributed by atoms with Crippen LogP contribution in [-0.4, -0.2) is 5.11 Å². The van der Waals surface area contributed by atoms with Gasteiger partial charge in [0.05, 0.1) is 0 Å². The van der Waals surface area contributed by atoms with E-state index in [-0.39, 0.29) is 11.7 Å². The minimum absolute atomic E-state index is 0.255. The monoisotopic (exact) mass is 506 g/mol. The molecule has 0 heterocycles. The molecule has 3 aromatic carbocycles. The first kappa shape index (κ1) is 20.9. The van der Waals surface area contributed by atoms with Gasteiger partial charge in [-0.2, -0.15) is 0 Å². The fraction of sp³-hybridized carbons (Fsp3) is 0.217. The van der Waals surface area contributed by atoms with Crippen molar-refractivity contribution in [2.75, 3.05) is 0 Å². The van der Waals surface area contributed by atoms with Crippen molar-refractivity contribution in [2.24, 2.45) is 0 Å². The maximum absolute atomic E-state index is 13.3. The van der Waals surface area contributed by atoms with Crippen LogP contribution < -0.4 is 4.74 Å². The summed E-state index contributed by atoms with van der Waals surface area (Å²) in [4.78, 5) is 0. The van der Waals surface area contributed by atoms with Crippen LogP contribution in [0.3, 0.4) is 0 Å². The first-order chi connectivity index (χ1) is 13.3. The number of rotatable bonds is 6. The molecule has 0 aromatic heterocycles. The summed E-state index contributed by atoms with van der Waals surface area (Å²) in [7, 11) is 0. The third-order valence-corrected chi connectivity index (χ3v) is 5.92. The predicted octanol–water partition coefficient (Wildman–Crippen LogP) is 7.35. The molecule has 0 spiro atoms. The minimum Gasteiger partial charge on any atom is -0.508 e. The highest BCUT2D eigenvalue weighted by molar-refractivity contribution is 9.11. The van der Waals surface area contributed by atoms with Gasteiger partial charge >= 0.3 is 0 Å². The van der Waals surface area contributed by atoms with Crippen LogP contribution in [0.15, 0.2) is 63.5 Å².